The van der Waals surface area contributed by atoms with Gasteiger partial charge in [-0.2, -0.15) is 5.10 Å². The Kier molecular flexibility index (Phi) is 8.38. The minimum absolute atomic E-state index is 0.0612. The number of hydrogen-bond donors (Lipinski definition) is 3. The largest absolute Gasteiger partial charge is 0.497 e. The molecular weight excluding hydrogens is 472 g/mol. The Bertz CT molecular complexity index is 1170. The number of hydrogen-bond acceptors (Lipinski definition) is 8. The first kappa shape index (κ1) is 26.5. The number of nitrogens with zero attached hydrogens (tertiary/aromatic N) is 4. The fourth-order valence-corrected chi connectivity index (χ4v) is 4.87. The second kappa shape index (κ2) is 11.7. The van der Waals surface area contributed by atoms with Crippen LogP contribution in [0.2, 0.25) is 0 Å². The molecule has 10 heteroatoms. The number of benzene rings is 1. The maximum absolute atomic E-state index is 12.7. The second-order valence-electron chi connectivity index (χ2n) is 9.54. The number of aliphatic hydroxyl groups excluding tert-OH is 1. The van der Waals surface area contributed by atoms with Crippen LogP contribution >= 0.6 is 0 Å². The van der Waals surface area contributed by atoms with Gasteiger partial charge in [0.05, 0.1) is 20.3 Å². The predicted molar refractivity (Wildman–Crippen MR) is 142 cm³/mol. The molecule has 198 valence electrons. The Morgan fingerprint density at radius 1 is 1.19 bits per heavy atom. The number of carbonyl (C=O) groups is 1. The molecular formula is C27H36N6O4. The maximum atomic E-state index is 12.7. The van der Waals surface area contributed by atoms with E-state index >= 15 is 0 Å². The van der Waals surface area contributed by atoms with E-state index in [1.807, 2.05) is 9.58 Å². The van der Waals surface area contributed by atoms with Gasteiger partial charge < -0.3 is 30.5 Å². The number of rotatable bonds is 8. The van der Waals surface area contributed by atoms with Crippen LogP contribution in [-0.4, -0.2) is 90.3 Å². The Balaban J connectivity index is 1.74. The highest BCUT2D eigenvalue weighted by atomic mass is 16.5. The molecule has 4 rings (SSSR count). The van der Waals surface area contributed by atoms with Crippen molar-refractivity contribution in [1.82, 2.24) is 19.6 Å². The summed E-state index contributed by atoms with van der Waals surface area (Å²) >= 11 is 0. The van der Waals surface area contributed by atoms with Crippen LogP contribution in [0.1, 0.15) is 46.9 Å². The van der Waals surface area contributed by atoms with Crippen molar-refractivity contribution in [2.24, 2.45) is 5.73 Å². The highest BCUT2D eigenvalue weighted by Gasteiger charge is 2.33. The number of aliphatic hydroxyl groups is 1. The van der Waals surface area contributed by atoms with Gasteiger partial charge in [-0.05, 0) is 63.5 Å². The molecule has 2 saturated heterocycles. The summed E-state index contributed by atoms with van der Waals surface area (Å²) < 4.78 is 12.5. The van der Waals surface area contributed by atoms with Crippen molar-refractivity contribution in [3.05, 3.63) is 47.7 Å². The number of piperidine rings is 1. The van der Waals surface area contributed by atoms with E-state index in [1.54, 1.807) is 32.4 Å². The minimum Gasteiger partial charge on any atom is -0.497 e. The molecule has 2 fully saturated rings. The summed E-state index contributed by atoms with van der Waals surface area (Å²) in [6.07, 6.45) is 3.42. The van der Waals surface area contributed by atoms with Gasteiger partial charge in [-0.25, -0.2) is 4.68 Å². The molecule has 2 atom stereocenters. The number of methoxy groups -OCH3 is 2. The number of nitrogens with two attached hydrogens (primary N) is 1. The second-order valence-corrected chi connectivity index (χ2v) is 9.54. The molecule has 1 amide bonds. The molecule has 1 aromatic heterocycles. The molecule has 3 heterocycles. The normalized spacial score (nSPS) is 19.6. The first-order valence-corrected chi connectivity index (χ1v) is 12.5. The van der Waals surface area contributed by atoms with Gasteiger partial charge in [-0.1, -0.05) is 12.5 Å². The number of carbonyl (C=O) groups excluding carboxylic acids is 1. The molecule has 10 nitrogen and oxygen atoms in total. The molecule has 0 radical (unpaired) electrons. The lowest BCUT2D eigenvalue weighted by Crippen LogP contribution is -2.38. The molecule has 37 heavy (non-hydrogen) atoms. The van der Waals surface area contributed by atoms with Crippen molar-refractivity contribution in [2.75, 3.05) is 52.8 Å². The van der Waals surface area contributed by atoms with E-state index in [2.05, 4.69) is 35.7 Å². The van der Waals surface area contributed by atoms with E-state index in [9.17, 15) is 9.90 Å². The van der Waals surface area contributed by atoms with Crippen molar-refractivity contribution in [3.8, 4) is 23.3 Å². The lowest BCUT2D eigenvalue weighted by Gasteiger charge is -2.31. The monoisotopic (exact) mass is 508 g/mol. The Hall–Kier alpha value is -3.52. The van der Waals surface area contributed by atoms with Gasteiger partial charge in [0.25, 0.3) is 5.91 Å². The Morgan fingerprint density at radius 2 is 1.86 bits per heavy atom. The standard InChI is InChI=1S/C27H36N6O4/c1-5-24(34)32-13-10-20(17-32)33-27(29-19-8-11-31(2)12-9-19)25(26(28)35)23(30-33)7-6-18-14-21(36-3)16-22(15-18)37-4/h5,14-16,19-20,24,29,34H,1,8-13,17H2,2-4H3,(H2,28,35)/t20-,24?/m0/s1. The zero-order valence-electron chi connectivity index (χ0n) is 21.7. The van der Waals surface area contributed by atoms with E-state index in [4.69, 9.17) is 20.3 Å². The Morgan fingerprint density at radius 3 is 2.46 bits per heavy atom. The maximum Gasteiger partial charge on any atom is 0.255 e. The molecule has 2 aliphatic heterocycles. The van der Waals surface area contributed by atoms with Crippen molar-refractivity contribution in [1.29, 1.82) is 0 Å². The average molecular weight is 509 g/mol. The molecule has 0 bridgehead atoms. The van der Waals surface area contributed by atoms with Crippen molar-refractivity contribution < 1.29 is 19.4 Å². The lowest BCUT2D eigenvalue weighted by molar-refractivity contribution is 0.0585. The van der Waals surface area contributed by atoms with Crippen LogP contribution in [0.5, 0.6) is 11.5 Å². The van der Waals surface area contributed by atoms with Crippen LogP contribution in [0.3, 0.4) is 0 Å². The SMILES string of the molecule is C=CC(O)N1CC[C@H](n2nc(C#Cc3cc(OC)cc(OC)c3)c(C(N)=O)c2NC2CCN(C)CC2)C1. The third kappa shape index (κ3) is 6.07. The molecule has 2 aliphatic rings. The predicted octanol–water partition coefficient (Wildman–Crippen LogP) is 1.66. The quantitative estimate of drug-likeness (QED) is 0.364. The van der Waals surface area contributed by atoms with E-state index in [-0.39, 0.29) is 17.6 Å². The van der Waals surface area contributed by atoms with Crippen LogP contribution in [0.4, 0.5) is 5.82 Å². The summed E-state index contributed by atoms with van der Waals surface area (Å²) in [5.41, 5.74) is 7.15. The van der Waals surface area contributed by atoms with E-state index in [0.29, 0.717) is 41.7 Å². The third-order valence-electron chi connectivity index (χ3n) is 7.02. The summed E-state index contributed by atoms with van der Waals surface area (Å²) in [4.78, 5) is 17.0. The van der Waals surface area contributed by atoms with E-state index < -0.39 is 12.1 Å². The highest BCUT2D eigenvalue weighted by Crippen LogP contribution is 2.31. The van der Waals surface area contributed by atoms with Crippen LogP contribution in [0.25, 0.3) is 0 Å². The molecule has 1 unspecified atom stereocenters. The number of primary amides is 1. The number of aromatic nitrogens is 2. The van der Waals surface area contributed by atoms with Crippen LogP contribution < -0.4 is 20.5 Å². The minimum atomic E-state index is -0.733. The molecule has 0 spiro atoms. The van der Waals surface area contributed by atoms with Crippen LogP contribution in [0, 0.1) is 11.8 Å². The van der Waals surface area contributed by atoms with Gasteiger partial charge in [0.15, 0.2) is 5.69 Å². The third-order valence-corrected chi connectivity index (χ3v) is 7.02. The Labute approximate surface area is 218 Å². The van der Waals surface area contributed by atoms with Gasteiger partial charge in [0, 0.05) is 30.8 Å². The van der Waals surface area contributed by atoms with Gasteiger partial charge in [-0.3, -0.25) is 9.69 Å². The highest BCUT2D eigenvalue weighted by molar-refractivity contribution is 6.00. The molecule has 1 aromatic carbocycles. The fraction of sp³-hybridized carbons (Fsp3) is 0.481. The molecule has 0 saturated carbocycles. The fourth-order valence-electron chi connectivity index (χ4n) is 4.87. The number of amides is 1. The first-order chi connectivity index (χ1) is 17.8. The number of ether oxygens (including phenoxy) is 2. The number of anilines is 1. The van der Waals surface area contributed by atoms with Crippen LogP contribution in [0.15, 0.2) is 30.9 Å². The number of likely N-dealkylation sites (tertiary alicyclic amines) is 2. The topological polar surface area (TPSA) is 118 Å². The molecule has 0 aliphatic carbocycles. The van der Waals surface area contributed by atoms with Gasteiger partial charge in [0.2, 0.25) is 0 Å². The smallest absolute Gasteiger partial charge is 0.255 e. The van der Waals surface area contributed by atoms with Crippen molar-refractivity contribution in [2.45, 2.75) is 37.6 Å². The summed E-state index contributed by atoms with van der Waals surface area (Å²) in [5, 5.41) is 18.6. The molecule has 2 aromatic rings. The average Bonchev–Trinajstić information content (AvgIpc) is 3.53. The zero-order valence-corrected chi connectivity index (χ0v) is 21.7. The summed E-state index contributed by atoms with van der Waals surface area (Å²) in [6.45, 7) is 6.87. The van der Waals surface area contributed by atoms with Gasteiger partial charge >= 0.3 is 0 Å². The summed E-state index contributed by atoms with van der Waals surface area (Å²) in [7, 11) is 5.26. The van der Waals surface area contributed by atoms with E-state index in [0.717, 1.165) is 32.4 Å². The first-order valence-electron chi connectivity index (χ1n) is 12.5. The lowest BCUT2D eigenvalue weighted by atomic mass is 10.0. The van der Waals surface area contributed by atoms with Crippen molar-refractivity contribution in [3.63, 3.8) is 0 Å². The summed E-state index contributed by atoms with van der Waals surface area (Å²) in [6, 6.07) is 5.47. The number of nitrogens with one attached hydrogen (secondary N) is 1. The van der Waals surface area contributed by atoms with E-state index in [1.165, 1.54) is 6.08 Å². The van der Waals surface area contributed by atoms with Gasteiger partial charge in [-0.15, -0.1) is 0 Å². The molecule has 4 N–H and O–H groups in total. The van der Waals surface area contributed by atoms with Crippen LogP contribution in [-0.2, 0) is 0 Å². The van der Waals surface area contributed by atoms with Crippen molar-refractivity contribution >= 4 is 11.7 Å². The zero-order chi connectivity index (χ0) is 26.5. The summed E-state index contributed by atoms with van der Waals surface area (Å²) in [5.74, 6) is 7.38. The van der Waals surface area contributed by atoms with Gasteiger partial charge in [0.1, 0.15) is 29.1 Å².